The van der Waals surface area contributed by atoms with E-state index in [4.69, 9.17) is 4.74 Å². The fraction of sp³-hybridized carbons (Fsp3) is 0.208. The third-order valence-electron chi connectivity index (χ3n) is 5.82. The first-order valence-corrected chi connectivity index (χ1v) is 11.3. The van der Waals surface area contributed by atoms with E-state index in [1.54, 1.807) is 38.4 Å². The molecule has 5 rings (SSSR count). The van der Waals surface area contributed by atoms with Crippen LogP contribution in [0.25, 0.3) is 16.7 Å². The maximum absolute atomic E-state index is 13.6. The Morgan fingerprint density at radius 3 is 2.27 bits per heavy atom. The van der Waals surface area contributed by atoms with E-state index in [2.05, 4.69) is 21.2 Å². The summed E-state index contributed by atoms with van der Waals surface area (Å²) >= 11 is 3.41. The van der Waals surface area contributed by atoms with Gasteiger partial charge < -0.3 is 10.1 Å². The smallest absolute Gasteiger partial charge is 0.337 e. The molecule has 4 aromatic rings. The number of methoxy groups -OCH3 is 1. The molecule has 1 fully saturated rings. The first-order chi connectivity index (χ1) is 15.9. The summed E-state index contributed by atoms with van der Waals surface area (Å²) in [4.78, 5) is 40.1. The molecule has 0 unspecified atom stereocenters. The summed E-state index contributed by atoms with van der Waals surface area (Å²) < 4.78 is 10.2. The van der Waals surface area contributed by atoms with Gasteiger partial charge in [-0.2, -0.15) is 0 Å². The molecule has 9 heteroatoms. The van der Waals surface area contributed by atoms with Crippen LogP contribution in [-0.4, -0.2) is 20.8 Å². The van der Waals surface area contributed by atoms with Crippen LogP contribution in [0.2, 0.25) is 0 Å². The number of ether oxygens (including phenoxy) is 1. The standard InChI is InChI=1S/C24H21BrN4O4/c1-27-20(30)13-19(26-15-5-3-14(25)4-6-15)21-22(27)28(16-9-11-18(33-2)12-10-16)24(32)29(23(21)31)17-7-8-17/h3-6,9-13,17,26H,7-8H2,1-2H3. The van der Waals surface area contributed by atoms with Crippen LogP contribution in [0.15, 0.2) is 73.5 Å². The number of fused-ring (bicyclic) bond motifs is 1. The molecule has 0 amide bonds. The zero-order valence-corrected chi connectivity index (χ0v) is 19.6. The maximum Gasteiger partial charge on any atom is 0.337 e. The highest BCUT2D eigenvalue weighted by molar-refractivity contribution is 9.10. The Hall–Kier alpha value is -3.59. The zero-order chi connectivity index (χ0) is 23.3. The number of aromatic nitrogens is 3. The van der Waals surface area contributed by atoms with Gasteiger partial charge in [-0.15, -0.1) is 0 Å². The second-order valence-electron chi connectivity index (χ2n) is 8.01. The minimum Gasteiger partial charge on any atom is -0.497 e. The lowest BCUT2D eigenvalue weighted by atomic mass is 10.2. The Labute approximate surface area is 196 Å². The van der Waals surface area contributed by atoms with Crippen LogP contribution in [0, 0.1) is 0 Å². The summed E-state index contributed by atoms with van der Waals surface area (Å²) in [5.41, 5.74) is 0.639. The number of rotatable bonds is 5. The molecule has 1 aliphatic rings. The van der Waals surface area contributed by atoms with Gasteiger partial charge in [-0.1, -0.05) is 15.9 Å². The highest BCUT2D eigenvalue weighted by Crippen LogP contribution is 2.33. The Morgan fingerprint density at radius 1 is 1.00 bits per heavy atom. The maximum atomic E-state index is 13.6. The van der Waals surface area contributed by atoms with Gasteiger partial charge in [-0.05, 0) is 61.4 Å². The van der Waals surface area contributed by atoms with Crippen molar-refractivity contribution < 1.29 is 4.74 Å². The first kappa shape index (κ1) is 21.3. The predicted molar refractivity (Wildman–Crippen MR) is 131 cm³/mol. The lowest BCUT2D eigenvalue weighted by Crippen LogP contribution is -2.41. The van der Waals surface area contributed by atoms with Crippen molar-refractivity contribution in [1.82, 2.24) is 13.7 Å². The van der Waals surface area contributed by atoms with Crippen LogP contribution < -0.4 is 26.9 Å². The normalized spacial score (nSPS) is 13.3. The van der Waals surface area contributed by atoms with E-state index in [0.29, 0.717) is 22.8 Å². The molecule has 33 heavy (non-hydrogen) atoms. The number of anilines is 2. The summed E-state index contributed by atoms with van der Waals surface area (Å²) in [6, 6.07) is 15.6. The van der Waals surface area contributed by atoms with Crippen molar-refractivity contribution in [2.75, 3.05) is 12.4 Å². The van der Waals surface area contributed by atoms with Crippen molar-refractivity contribution in [1.29, 1.82) is 0 Å². The molecule has 0 aliphatic heterocycles. The van der Waals surface area contributed by atoms with Crippen LogP contribution in [0.5, 0.6) is 5.75 Å². The molecule has 1 aliphatic carbocycles. The quantitative estimate of drug-likeness (QED) is 0.444. The minimum absolute atomic E-state index is 0.142. The van der Waals surface area contributed by atoms with E-state index in [-0.39, 0.29) is 22.6 Å². The topological polar surface area (TPSA) is 87.3 Å². The molecular weight excluding hydrogens is 488 g/mol. The lowest BCUT2D eigenvalue weighted by molar-refractivity contribution is 0.414. The number of nitrogens with zero attached hydrogens (tertiary/aromatic N) is 3. The molecular formula is C24H21BrN4O4. The lowest BCUT2D eigenvalue weighted by Gasteiger charge is -2.19. The van der Waals surface area contributed by atoms with Crippen LogP contribution in [0.3, 0.4) is 0 Å². The molecule has 0 spiro atoms. The van der Waals surface area contributed by atoms with E-state index in [1.807, 2.05) is 24.3 Å². The fourth-order valence-electron chi connectivity index (χ4n) is 3.97. The minimum atomic E-state index is -0.462. The molecule has 2 aromatic heterocycles. The first-order valence-electron chi connectivity index (χ1n) is 10.5. The van der Waals surface area contributed by atoms with Gasteiger partial charge in [0.2, 0.25) is 0 Å². The second-order valence-corrected chi connectivity index (χ2v) is 8.92. The van der Waals surface area contributed by atoms with Crippen molar-refractivity contribution in [3.8, 4) is 11.4 Å². The average molecular weight is 509 g/mol. The average Bonchev–Trinajstić information content (AvgIpc) is 3.64. The van der Waals surface area contributed by atoms with E-state index < -0.39 is 11.2 Å². The fourth-order valence-corrected chi connectivity index (χ4v) is 4.23. The number of halogens is 1. The summed E-state index contributed by atoms with van der Waals surface area (Å²) in [6.45, 7) is 0. The number of hydrogen-bond donors (Lipinski definition) is 1. The molecule has 2 aromatic carbocycles. The third kappa shape index (κ3) is 3.68. The van der Waals surface area contributed by atoms with E-state index in [1.165, 1.54) is 19.8 Å². The SMILES string of the molecule is COc1ccc(-n2c(=O)n(C3CC3)c(=O)c3c(Nc4ccc(Br)cc4)cc(=O)n(C)c32)cc1. The Bertz CT molecular complexity index is 1550. The second kappa shape index (κ2) is 8.08. The van der Waals surface area contributed by atoms with Gasteiger partial charge in [0, 0.05) is 29.3 Å². The van der Waals surface area contributed by atoms with Crippen LogP contribution in [-0.2, 0) is 7.05 Å². The van der Waals surface area contributed by atoms with Crippen LogP contribution in [0.4, 0.5) is 11.4 Å². The molecule has 8 nitrogen and oxygen atoms in total. The zero-order valence-electron chi connectivity index (χ0n) is 18.0. The Balaban J connectivity index is 1.87. The van der Waals surface area contributed by atoms with Crippen LogP contribution >= 0.6 is 15.9 Å². The van der Waals surface area contributed by atoms with Gasteiger partial charge in [-0.25, -0.2) is 9.36 Å². The van der Waals surface area contributed by atoms with E-state index in [0.717, 1.165) is 17.3 Å². The van der Waals surface area contributed by atoms with Crippen molar-refractivity contribution >= 4 is 38.3 Å². The molecule has 0 saturated heterocycles. The van der Waals surface area contributed by atoms with E-state index in [9.17, 15) is 14.4 Å². The Morgan fingerprint density at radius 2 is 1.67 bits per heavy atom. The molecule has 168 valence electrons. The van der Waals surface area contributed by atoms with Gasteiger partial charge in [0.25, 0.3) is 11.1 Å². The Kier molecular flexibility index (Phi) is 5.20. The van der Waals surface area contributed by atoms with Gasteiger partial charge >= 0.3 is 5.69 Å². The summed E-state index contributed by atoms with van der Waals surface area (Å²) in [7, 11) is 3.13. The molecule has 1 N–H and O–H groups in total. The van der Waals surface area contributed by atoms with Crippen molar-refractivity contribution in [3.63, 3.8) is 0 Å². The number of nitrogens with one attached hydrogen (secondary N) is 1. The molecule has 1 saturated carbocycles. The van der Waals surface area contributed by atoms with Crippen molar-refractivity contribution in [2.45, 2.75) is 18.9 Å². The molecule has 0 bridgehead atoms. The molecule has 2 heterocycles. The highest BCUT2D eigenvalue weighted by Gasteiger charge is 2.30. The number of hydrogen-bond acceptors (Lipinski definition) is 5. The van der Waals surface area contributed by atoms with Crippen LogP contribution in [0.1, 0.15) is 18.9 Å². The predicted octanol–water partition coefficient (Wildman–Crippen LogP) is 3.70. The summed E-state index contributed by atoms with van der Waals surface area (Å²) in [5, 5.41) is 3.48. The number of pyridine rings is 1. The van der Waals surface area contributed by atoms with Crippen molar-refractivity contribution in [2.24, 2.45) is 7.05 Å². The number of benzene rings is 2. The van der Waals surface area contributed by atoms with Gasteiger partial charge in [0.05, 0.1) is 18.5 Å². The monoisotopic (exact) mass is 508 g/mol. The van der Waals surface area contributed by atoms with Gasteiger partial charge in [0.15, 0.2) is 0 Å². The molecule has 0 radical (unpaired) electrons. The highest BCUT2D eigenvalue weighted by atomic mass is 79.9. The van der Waals surface area contributed by atoms with Gasteiger partial charge in [-0.3, -0.25) is 18.7 Å². The van der Waals surface area contributed by atoms with E-state index >= 15 is 0 Å². The third-order valence-corrected chi connectivity index (χ3v) is 6.35. The summed E-state index contributed by atoms with van der Waals surface area (Å²) in [6.07, 6.45) is 1.54. The largest absolute Gasteiger partial charge is 0.497 e. The van der Waals surface area contributed by atoms with Crippen molar-refractivity contribution in [3.05, 3.63) is 90.3 Å². The summed E-state index contributed by atoms with van der Waals surface area (Å²) in [5.74, 6) is 0.637. The van der Waals surface area contributed by atoms with Gasteiger partial charge in [0.1, 0.15) is 16.8 Å². The number of aryl methyl sites for hydroxylation is 1. The molecule has 0 atom stereocenters.